The molecule has 7 heteroatoms. The number of carbonyl (C=O) groups excluding carboxylic acids is 1. The smallest absolute Gasteiger partial charge is 0.407 e. The molecule has 5 nitrogen and oxygen atoms in total. The van der Waals surface area contributed by atoms with Gasteiger partial charge >= 0.3 is 6.09 Å². The molecular formula is C25H24Cl2N2O3. The van der Waals surface area contributed by atoms with Crippen molar-refractivity contribution in [1.82, 2.24) is 9.30 Å². The summed E-state index contributed by atoms with van der Waals surface area (Å²) in [5.74, 6) is -0.260. The summed E-state index contributed by atoms with van der Waals surface area (Å²) >= 11 is 12.6. The van der Waals surface area contributed by atoms with Crippen LogP contribution in [0.2, 0.25) is 10.0 Å². The lowest BCUT2D eigenvalue weighted by atomic mass is 9.79. The fourth-order valence-corrected chi connectivity index (χ4v) is 4.94. The minimum atomic E-state index is -0.925. The van der Waals surface area contributed by atoms with Crippen molar-refractivity contribution in [3.63, 3.8) is 0 Å². The first-order valence-corrected chi connectivity index (χ1v) is 11.1. The number of halogens is 2. The lowest BCUT2D eigenvalue weighted by molar-refractivity contribution is 0.0884. The van der Waals surface area contributed by atoms with Crippen LogP contribution in [0.25, 0.3) is 11.1 Å². The maximum absolute atomic E-state index is 13.5. The number of carboxylic acid groups (broad SMARTS) is 1. The highest BCUT2D eigenvalue weighted by Crippen LogP contribution is 2.38. The van der Waals surface area contributed by atoms with Crippen LogP contribution in [0.4, 0.5) is 4.79 Å². The Morgan fingerprint density at radius 2 is 1.75 bits per heavy atom. The number of rotatable bonds is 3. The number of hydrogen-bond donors (Lipinski definition) is 1. The van der Waals surface area contributed by atoms with Gasteiger partial charge < -0.3 is 14.4 Å². The third-order valence-electron chi connectivity index (χ3n) is 6.01. The van der Waals surface area contributed by atoms with Crippen molar-refractivity contribution in [3.05, 3.63) is 81.6 Å². The number of benzene rings is 1. The summed E-state index contributed by atoms with van der Waals surface area (Å²) in [6.07, 6.45) is 3.41. The predicted octanol–water partition coefficient (Wildman–Crippen LogP) is 6.66. The summed E-state index contributed by atoms with van der Waals surface area (Å²) in [7, 11) is 0. The number of amides is 1. The number of hydrogen-bond acceptors (Lipinski definition) is 2. The van der Waals surface area contributed by atoms with Gasteiger partial charge in [-0.15, -0.1) is 0 Å². The summed E-state index contributed by atoms with van der Waals surface area (Å²) in [6.45, 7) is 6.44. The molecule has 1 aliphatic heterocycles. The van der Waals surface area contributed by atoms with Gasteiger partial charge in [0.05, 0.1) is 26.8 Å². The maximum Gasteiger partial charge on any atom is 0.407 e. The van der Waals surface area contributed by atoms with Crippen LogP contribution in [0.1, 0.15) is 48.8 Å². The van der Waals surface area contributed by atoms with E-state index in [1.54, 1.807) is 18.2 Å². The first-order chi connectivity index (χ1) is 15.1. The molecule has 0 aliphatic carbocycles. The second kappa shape index (κ2) is 8.30. The molecule has 3 aromatic rings. The number of aromatic nitrogens is 1. The van der Waals surface area contributed by atoms with Crippen LogP contribution < -0.4 is 0 Å². The molecule has 1 amide bonds. The van der Waals surface area contributed by atoms with E-state index >= 15 is 0 Å². The van der Waals surface area contributed by atoms with Crippen LogP contribution in [-0.2, 0) is 0 Å². The Hall–Kier alpha value is -2.76. The topological polar surface area (TPSA) is 62.0 Å². The summed E-state index contributed by atoms with van der Waals surface area (Å²) in [6, 6.07) is 12.4. The second-order valence-electron chi connectivity index (χ2n) is 9.08. The van der Waals surface area contributed by atoms with Gasteiger partial charge in [0.2, 0.25) is 5.78 Å². The van der Waals surface area contributed by atoms with Crippen molar-refractivity contribution < 1.29 is 14.7 Å². The van der Waals surface area contributed by atoms with E-state index < -0.39 is 6.09 Å². The van der Waals surface area contributed by atoms with Crippen molar-refractivity contribution in [2.24, 2.45) is 5.41 Å². The Balaban J connectivity index is 1.84. The standard InChI is InChI=1S/C25H24Cl2N2O3/c1-25(2,3)21-13-15(10-12-29(21)24(31)32)16-14-20(28-11-5-4-9-19(16)28)23(30)22-17(26)7-6-8-18(22)27/h4-11,14,21H,12-13H2,1-3H3,(H,31,32). The van der Waals surface area contributed by atoms with Crippen LogP contribution in [0, 0.1) is 5.41 Å². The van der Waals surface area contributed by atoms with Crippen molar-refractivity contribution in [2.75, 3.05) is 6.54 Å². The van der Waals surface area contributed by atoms with Crippen LogP contribution in [0.15, 0.2) is 54.7 Å². The van der Waals surface area contributed by atoms with Gasteiger partial charge in [0.25, 0.3) is 0 Å². The van der Waals surface area contributed by atoms with Crippen molar-refractivity contribution >= 4 is 46.2 Å². The molecule has 0 fully saturated rings. The fourth-order valence-electron chi connectivity index (χ4n) is 4.37. The molecule has 2 aromatic heterocycles. The van der Waals surface area contributed by atoms with E-state index in [-0.39, 0.29) is 22.8 Å². The first-order valence-electron chi connectivity index (χ1n) is 10.4. The van der Waals surface area contributed by atoms with Crippen LogP contribution in [0.3, 0.4) is 0 Å². The molecule has 1 aromatic carbocycles. The highest BCUT2D eigenvalue weighted by molar-refractivity contribution is 6.41. The maximum atomic E-state index is 13.5. The van der Waals surface area contributed by atoms with E-state index in [9.17, 15) is 14.7 Å². The van der Waals surface area contributed by atoms with Gasteiger partial charge in [-0.2, -0.15) is 0 Å². The van der Waals surface area contributed by atoms with Gasteiger partial charge in [-0.05, 0) is 47.7 Å². The molecule has 0 bridgehead atoms. The Bertz CT molecular complexity index is 1230. The molecule has 1 atom stereocenters. The van der Waals surface area contributed by atoms with Crippen molar-refractivity contribution in [2.45, 2.75) is 33.2 Å². The van der Waals surface area contributed by atoms with Gasteiger partial charge in [0.1, 0.15) is 0 Å². The van der Waals surface area contributed by atoms with Gasteiger partial charge in [-0.25, -0.2) is 4.79 Å². The van der Waals surface area contributed by atoms with Crippen LogP contribution >= 0.6 is 23.2 Å². The van der Waals surface area contributed by atoms with E-state index in [4.69, 9.17) is 23.2 Å². The number of nitrogens with zero attached hydrogens (tertiary/aromatic N) is 2. The summed E-state index contributed by atoms with van der Waals surface area (Å²) in [4.78, 5) is 26.8. The lowest BCUT2D eigenvalue weighted by Crippen LogP contribution is -2.48. The molecule has 0 spiro atoms. The molecular weight excluding hydrogens is 447 g/mol. The van der Waals surface area contributed by atoms with Gasteiger partial charge in [0.15, 0.2) is 0 Å². The number of carbonyl (C=O) groups is 2. The van der Waals surface area contributed by atoms with Crippen molar-refractivity contribution in [3.8, 4) is 0 Å². The molecule has 166 valence electrons. The quantitative estimate of drug-likeness (QED) is 0.435. The largest absolute Gasteiger partial charge is 0.465 e. The molecule has 1 unspecified atom stereocenters. The monoisotopic (exact) mass is 470 g/mol. The molecule has 0 saturated heterocycles. The molecule has 32 heavy (non-hydrogen) atoms. The first kappa shape index (κ1) is 22.4. The minimum Gasteiger partial charge on any atom is -0.465 e. The Kier molecular flexibility index (Phi) is 5.82. The zero-order chi connectivity index (χ0) is 23.2. The lowest BCUT2D eigenvalue weighted by Gasteiger charge is -2.41. The summed E-state index contributed by atoms with van der Waals surface area (Å²) in [5.41, 5.74) is 3.30. The third-order valence-corrected chi connectivity index (χ3v) is 6.64. The van der Waals surface area contributed by atoms with E-state index in [0.717, 1.165) is 16.7 Å². The summed E-state index contributed by atoms with van der Waals surface area (Å²) < 4.78 is 1.84. The average Bonchev–Trinajstić information content (AvgIpc) is 3.12. The van der Waals surface area contributed by atoms with Gasteiger partial charge in [0, 0.05) is 24.3 Å². The number of ketones is 1. The number of fused-ring (bicyclic) bond motifs is 1. The van der Waals surface area contributed by atoms with E-state index in [2.05, 4.69) is 0 Å². The van der Waals surface area contributed by atoms with Crippen molar-refractivity contribution in [1.29, 1.82) is 0 Å². The Labute approximate surface area is 196 Å². The van der Waals surface area contributed by atoms with E-state index in [0.29, 0.717) is 28.7 Å². The molecule has 1 aliphatic rings. The Morgan fingerprint density at radius 1 is 1.06 bits per heavy atom. The zero-order valence-corrected chi connectivity index (χ0v) is 19.6. The fraction of sp³-hybridized carbons (Fsp3) is 0.280. The molecule has 0 saturated carbocycles. The van der Waals surface area contributed by atoms with Gasteiger partial charge in [-0.1, -0.05) is 62.2 Å². The Morgan fingerprint density at radius 3 is 2.38 bits per heavy atom. The molecule has 1 N–H and O–H groups in total. The summed E-state index contributed by atoms with van der Waals surface area (Å²) in [5, 5.41) is 10.3. The number of pyridine rings is 1. The highest BCUT2D eigenvalue weighted by Gasteiger charge is 2.36. The van der Waals surface area contributed by atoms with Gasteiger partial charge in [-0.3, -0.25) is 4.79 Å². The van der Waals surface area contributed by atoms with E-state index in [1.807, 2.05) is 61.7 Å². The molecule has 0 radical (unpaired) electrons. The van der Waals surface area contributed by atoms with E-state index in [1.165, 1.54) is 4.90 Å². The van der Waals surface area contributed by atoms with Crippen LogP contribution in [-0.4, -0.2) is 38.9 Å². The highest BCUT2D eigenvalue weighted by atomic mass is 35.5. The second-order valence-corrected chi connectivity index (χ2v) is 9.89. The molecule has 4 rings (SSSR count). The zero-order valence-electron chi connectivity index (χ0n) is 18.1. The van der Waals surface area contributed by atoms with Crippen LogP contribution in [0.5, 0.6) is 0 Å². The SMILES string of the molecule is CC(C)(C)C1CC(c2cc(C(=O)c3c(Cl)cccc3Cl)n3ccccc23)=CCN1C(=O)O. The molecule has 3 heterocycles. The normalized spacial score (nSPS) is 16.8. The minimum absolute atomic E-state index is 0.184. The predicted molar refractivity (Wildman–Crippen MR) is 128 cm³/mol. The third kappa shape index (κ3) is 3.91. The average molecular weight is 471 g/mol.